The maximum Gasteiger partial charge on any atom is 0.248 e. The van der Waals surface area contributed by atoms with Gasteiger partial charge in [0, 0.05) is 37.8 Å². The molecular weight excluding hydrogens is 398 g/mol. The fourth-order valence-electron chi connectivity index (χ4n) is 4.56. The van der Waals surface area contributed by atoms with Gasteiger partial charge in [-0.25, -0.2) is 0 Å². The second-order valence-electron chi connectivity index (χ2n) is 9.35. The third-order valence-electron chi connectivity index (χ3n) is 6.13. The molecule has 0 aliphatic carbocycles. The second kappa shape index (κ2) is 11.3. The molecule has 0 radical (unpaired) electrons. The number of carbonyl (C=O) groups excluding carboxylic acids is 2. The summed E-state index contributed by atoms with van der Waals surface area (Å²) in [7, 11) is 0. The largest absolute Gasteiger partial charge is 0.366 e. The third kappa shape index (κ3) is 6.42. The number of carbonyl (C=O) groups is 2. The van der Waals surface area contributed by atoms with Crippen molar-refractivity contribution >= 4 is 17.5 Å². The van der Waals surface area contributed by atoms with Crippen LogP contribution in [0.2, 0.25) is 0 Å². The van der Waals surface area contributed by atoms with Crippen LogP contribution in [0.25, 0.3) is 11.1 Å². The first-order valence-electron chi connectivity index (χ1n) is 11.9. The van der Waals surface area contributed by atoms with Crippen LogP contribution in [-0.2, 0) is 11.3 Å². The fraction of sp³-hybridized carbons (Fsp3) is 0.481. The van der Waals surface area contributed by atoms with Gasteiger partial charge in [-0.3, -0.25) is 14.5 Å². The van der Waals surface area contributed by atoms with Gasteiger partial charge in [0.1, 0.15) is 0 Å². The first kappa shape index (κ1) is 24.0. The molecule has 2 amide bonds. The number of rotatable bonds is 4. The van der Waals surface area contributed by atoms with Crippen LogP contribution in [-0.4, -0.2) is 36.3 Å². The van der Waals surface area contributed by atoms with Crippen molar-refractivity contribution in [2.45, 2.75) is 59.4 Å². The molecule has 0 saturated heterocycles. The minimum Gasteiger partial charge on any atom is -0.366 e. The lowest BCUT2D eigenvalue weighted by atomic mass is 9.99. The topological polar surface area (TPSA) is 66.6 Å². The summed E-state index contributed by atoms with van der Waals surface area (Å²) in [5, 5.41) is 0. The number of amides is 2. The molecule has 5 nitrogen and oxygen atoms in total. The van der Waals surface area contributed by atoms with E-state index in [0.717, 1.165) is 55.8 Å². The summed E-state index contributed by atoms with van der Waals surface area (Å²) in [5.41, 5.74) is 10.2. The van der Waals surface area contributed by atoms with Gasteiger partial charge in [0.15, 0.2) is 0 Å². The molecule has 0 atom stereocenters. The van der Waals surface area contributed by atoms with E-state index in [9.17, 15) is 9.59 Å². The number of hydrogen-bond donors (Lipinski definition) is 1. The van der Waals surface area contributed by atoms with Crippen molar-refractivity contribution in [3.8, 4) is 11.1 Å². The number of hydrogen-bond acceptors (Lipinski definition) is 3. The van der Waals surface area contributed by atoms with E-state index < -0.39 is 5.91 Å². The highest BCUT2D eigenvalue weighted by atomic mass is 16.2. The van der Waals surface area contributed by atoms with Crippen LogP contribution in [0.3, 0.4) is 0 Å². The summed E-state index contributed by atoms with van der Waals surface area (Å²) >= 11 is 0. The Balaban J connectivity index is 2.02. The van der Waals surface area contributed by atoms with Crippen LogP contribution in [0.4, 0.5) is 5.69 Å². The first-order chi connectivity index (χ1) is 15.3. The van der Waals surface area contributed by atoms with Gasteiger partial charge < -0.3 is 10.6 Å². The number of benzene rings is 2. The highest BCUT2D eigenvalue weighted by Gasteiger charge is 2.19. The molecule has 0 bridgehead atoms. The average molecular weight is 436 g/mol. The smallest absolute Gasteiger partial charge is 0.248 e. The van der Waals surface area contributed by atoms with Gasteiger partial charge in [-0.15, -0.1) is 0 Å². The molecule has 0 unspecified atom stereocenters. The summed E-state index contributed by atoms with van der Waals surface area (Å²) in [5.74, 6) is 0.257. The van der Waals surface area contributed by atoms with Gasteiger partial charge in [0.05, 0.1) is 0 Å². The number of nitrogens with zero attached hydrogens (tertiary/aromatic N) is 2. The maximum atomic E-state index is 12.6. The molecular formula is C27H37N3O2. The zero-order valence-electron chi connectivity index (χ0n) is 19.8. The fourth-order valence-corrected chi connectivity index (χ4v) is 4.56. The molecule has 5 heteroatoms. The normalized spacial score (nSPS) is 16.2. The van der Waals surface area contributed by atoms with Crippen LogP contribution in [0.1, 0.15) is 68.8 Å². The van der Waals surface area contributed by atoms with Gasteiger partial charge in [0.25, 0.3) is 0 Å². The van der Waals surface area contributed by atoms with Crippen molar-refractivity contribution in [1.82, 2.24) is 4.90 Å². The molecule has 172 valence electrons. The van der Waals surface area contributed by atoms with Crippen LogP contribution in [0.5, 0.6) is 0 Å². The van der Waals surface area contributed by atoms with Crippen LogP contribution in [0, 0.1) is 5.92 Å². The molecule has 32 heavy (non-hydrogen) atoms. The lowest BCUT2D eigenvalue weighted by Crippen LogP contribution is -2.33. The van der Waals surface area contributed by atoms with E-state index >= 15 is 0 Å². The van der Waals surface area contributed by atoms with Gasteiger partial charge in [0.2, 0.25) is 11.8 Å². The van der Waals surface area contributed by atoms with E-state index in [2.05, 4.69) is 36.9 Å². The first-order valence-corrected chi connectivity index (χ1v) is 11.9. The van der Waals surface area contributed by atoms with Crippen LogP contribution >= 0.6 is 0 Å². The van der Waals surface area contributed by atoms with Crippen molar-refractivity contribution in [2.75, 3.05) is 24.5 Å². The minimum atomic E-state index is -0.421. The molecule has 0 aromatic heterocycles. The van der Waals surface area contributed by atoms with E-state index in [1.54, 1.807) is 19.1 Å². The highest BCUT2D eigenvalue weighted by molar-refractivity contribution is 5.94. The van der Waals surface area contributed by atoms with E-state index in [0.29, 0.717) is 11.5 Å². The zero-order valence-corrected chi connectivity index (χ0v) is 19.8. The Kier molecular flexibility index (Phi) is 8.46. The van der Waals surface area contributed by atoms with Gasteiger partial charge in [-0.2, -0.15) is 0 Å². The van der Waals surface area contributed by atoms with Crippen LogP contribution < -0.4 is 10.6 Å². The molecule has 3 rings (SSSR count). The van der Waals surface area contributed by atoms with Gasteiger partial charge in [-0.1, -0.05) is 51.3 Å². The monoisotopic (exact) mass is 435 g/mol. The SMILES string of the molecule is CC(=O)N1CCCCCCCN(CC(C)C)Cc2cc(-c3ccc(C(N)=O)cc3)ccc21. The standard InChI is InChI=1S/C27H37N3O2/c1-20(2)18-29-15-7-5-4-6-8-16-30(21(3)31)26-14-13-24(17-25(26)19-29)22-9-11-23(12-10-22)27(28)32/h9-14,17,20H,4-8,15-16,18-19H2,1-3H3,(H2,28,32). The zero-order chi connectivity index (χ0) is 23.1. The Hall–Kier alpha value is -2.66. The second-order valence-corrected chi connectivity index (χ2v) is 9.35. The summed E-state index contributed by atoms with van der Waals surface area (Å²) in [4.78, 5) is 28.5. The Labute approximate surface area is 192 Å². The molecule has 1 aliphatic heterocycles. The average Bonchev–Trinajstić information content (AvgIpc) is 2.74. The van der Waals surface area contributed by atoms with E-state index in [-0.39, 0.29) is 5.91 Å². The Morgan fingerprint density at radius 1 is 0.906 bits per heavy atom. The molecule has 0 saturated carbocycles. The Morgan fingerprint density at radius 2 is 1.53 bits per heavy atom. The van der Waals surface area contributed by atoms with Crippen molar-refractivity contribution in [1.29, 1.82) is 0 Å². The third-order valence-corrected chi connectivity index (χ3v) is 6.13. The number of nitrogens with two attached hydrogens (primary N) is 1. The molecule has 1 aliphatic rings. The number of fused-ring (bicyclic) bond motifs is 1. The quantitative estimate of drug-likeness (QED) is 0.715. The van der Waals surface area contributed by atoms with Gasteiger partial charge in [-0.05, 0) is 66.3 Å². The number of anilines is 1. The Bertz CT molecular complexity index is 921. The molecule has 2 N–H and O–H groups in total. The molecule has 2 aromatic carbocycles. The van der Waals surface area contributed by atoms with E-state index in [1.165, 1.54) is 24.8 Å². The predicted molar refractivity (Wildman–Crippen MR) is 132 cm³/mol. The summed E-state index contributed by atoms with van der Waals surface area (Å²) < 4.78 is 0. The summed E-state index contributed by atoms with van der Waals surface area (Å²) in [6, 6.07) is 13.8. The summed E-state index contributed by atoms with van der Waals surface area (Å²) in [6.45, 7) is 9.89. The van der Waals surface area contributed by atoms with Crippen molar-refractivity contribution in [3.05, 3.63) is 53.6 Å². The summed E-state index contributed by atoms with van der Waals surface area (Å²) in [6.07, 6.45) is 5.88. The van der Waals surface area contributed by atoms with Gasteiger partial charge >= 0.3 is 0 Å². The molecule has 2 aromatic rings. The van der Waals surface area contributed by atoms with Crippen molar-refractivity contribution < 1.29 is 9.59 Å². The molecule has 0 spiro atoms. The molecule has 1 heterocycles. The number of primary amides is 1. The maximum absolute atomic E-state index is 12.6. The predicted octanol–water partition coefficient (Wildman–Crippen LogP) is 5.23. The highest BCUT2D eigenvalue weighted by Crippen LogP contribution is 2.30. The minimum absolute atomic E-state index is 0.0947. The lowest BCUT2D eigenvalue weighted by Gasteiger charge is -2.30. The lowest BCUT2D eigenvalue weighted by molar-refractivity contribution is -0.116. The van der Waals surface area contributed by atoms with Crippen molar-refractivity contribution in [3.63, 3.8) is 0 Å². The molecule has 0 fully saturated rings. The Morgan fingerprint density at radius 3 is 2.16 bits per heavy atom. The van der Waals surface area contributed by atoms with Crippen LogP contribution in [0.15, 0.2) is 42.5 Å². The van der Waals surface area contributed by atoms with Crippen molar-refractivity contribution in [2.24, 2.45) is 11.7 Å². The van der Waals surface area contributed by atoms with E-state index in [1.807, 2.05) is 17.0 Å². The van der Waals surface area contributed by atoms with E-state index in [4.69, 9.17) is 5.73 Å².